The number of benzene rings is 2. The number of hydrogen-bond acceptors (Lipinski definition) is 5. The molecule has 2 aromatic rings. The first-order valence-corrected chi connectivity index (χ1v) is 8.30. The van der Waals surface area contributed by atoms with Crippen molar-refractivity contribution in [2.75, 3.05) is 0 Å². The molecular formula is C17H11FN2O3S2. The summed E-state index contributed by atoms with van der Waals surface area (Å²) in [6, 6.07) is 11.5. The van der Waals surface area contributed by atoms with Crippen LogP contribution in [0.3, 0.4) is 0 Å². The number of nitrogens with zero attached hydrogens (tertiary/aromatic N) is 1. The molecule has 8 heteroatoms. The largest absolute Gasteiger partial charge is 0.508 e. The number of hydrazine groups is 1. The van der Waals surface area contributed by atoms with E-state index in [-0.39, 0.29) is 20.5 Å². The number of hydrogen-bond donors (Lipinski definition) is 2. The lowest BCUT2D eigenvalue weighted by Gasteiger charge is -2.15. The number of halogens is 1. The average molecular weight is 374 g/mol. The van der Waals surface area contributed by atoms with E-state index < -0.39 is 17.6 Å². The monoisotopic (exact) mass is 374 g/mol. The molecule has 1 saturated heterocycles. The molecule has 0 spiro atoms. The number of phenols is 1. The van der Waals surface area contributed by atoms with Crippen molar-refractivity contribution in [1.82, 2.24) is 10.4 Å². The number of amides is 2. The second-order valence-electron chi connectivity index (χ2n) is 5.06. The van der Waals surface area contributed by atoms with E-state index in [1.165, 1.54) is 48.5 Å². The Morgan fingerprint density at radius 1 is 1.24 bits per heavy atom. The summed E-state index contributed by atoms with van der Waals surface area (Å²) in [5.74, 6) is -1.57. The summed E-state index contributed by atoms with van der Waals surface area (Å²) in [7, 11) is 0. The summed E-state index contributed by atoms with van der Waals surface area (Å²) in [6.07, 6.45) is 1.50. The molecule has 0 unspecified atom stereocenters. The standard InChI is InChI=1S/C17H11FN2O3S2/c18-12-5-1-3-10(7-12)8-14-16(23)20(17(24)25-14)19-15(22)11-4-2-6-13(21)9-11/h1-9,21H,(H,19,22)/b14-8+. The molecule has 1 aliphatic rings. The summed E-state index contributed by atoms with van der Waals surface area (Å²) in [4.78, 5) is 24.9. The van der Waals surface area contributed by atoms with Gasteiger partial charge in [-0.15, -0.1) is 0 Å². The van der Waals surface area contributed by atoms with Crippen LogP contribution in [0.5, 0.6) is 5.75 Å². The summed E-state index contributed by atoms with van der Waals surface area (Å²) >= 11 is 6.12. The van der Waals surface area contributed by atoms with Crippen molar-refractivity contribution in [3.05, 3.63) is 70.4 Å². The van der Waals surface area contributed by atoms with E-state index in [0.29, 0.717) is 5.56 Å². The number of phenolic OH excluding ortho intramolecular Hbond substituents is 1. The molecule has 126 valence electrons. The predicted molar refractivity (Wildman–Crippen MR) is 97.0 cm³/mol. The number of aromatic hydroxyl groups is 1. The Morgan fingerprint density at radius 2 is 2.00 bits per heavy atom. The quantitative estimate of drug-likeness (QED) is 0.638. The van der Waals surface area contributed by atoms with Gasteiger partial charge in [0.15, 0.2) is 4.32 Å². The van der Waals surface area contributed by atoms with Gasteiger partial charge < -0.3 is 5.11 Å². The summed E-state index contributed by atoms with van der Waals surface area (Å²) in [5, 5.41) is 10.4. The Hall–Kier alpha value is -2.71. The molecule has 0 radical (unpaired) electrons. The number of rotatable bonds is 3. The fourth-order valence-electron chi connectivity index (χ4n) is 2.13. The average Bonchev–Trinajstić information content (AvgIpc) is 2.82. The Labute approximate surface area is 152 Å². The third kappa shape index (κ3) is 3.86. The molecule has 1 heterocycles. The first-order valence-electron chi connectivity index (χ1n) is 7.07. The molecule has 0 atom stereocenters. The van der Waals surface area contributed by atoms with Crippen LogP contribution >= 0.6 is 24.0 Å². The zero-order valence-corrected chi connectivity index (χ0v) is 14.2. The van der Waals surface area contributed by atoms with E-state index >= 15 is 0 Å². The summed E-state index contributed by atoms with van der Waals surface area (Å²) in [6.45, 7) is 0. The van der Waals surface area contributed by atoms with E-state index in [1.807, 2.05) is 0 Å². The summed E-state index contributed by atoms with van der Waals surface area (Å²) < 4.78 is 13.4. The van der Waals surface area contributed by atoms with Gasteiger partial charge in [0.05, 0.1) is 4.91 Å². The highest BCUT2D eigenvalue weighted by Gasteiger charge is 2.33. The van der Waals surface area contributed by atoms with Crippen molar-refractivity contribution < 1.29 is 19.1 Å². The van der Waals surface area contributed by atoms with Crippen LogP contribution in [-0.4, -0.2) is 26.3 Å². The maximum absolute atomic E-state index is 13.2. The molecule has 2 aromatic carbocycles. The van der Waals surface area contributed by atoms with Gasteiger partial charge in [-0.25, -0.2) is 4.39 Å². The molecule has 1 fully saturated rings. The second kappa shape index (κ2) is 7.04. The van der Waals surface area contributed by atoms with Crippen molar-refractivity contribution >= 4 is 46.2 Å². The number of thioether (sulfide) groups is 1. The van der Waals surface area contributed by atoms with E-state index in [1.54, 1.807) is 6.07 Å². The smallest absolute Gasteiger partial charge is 0.285 e. The SMILES string of the molecule is O=C(NN1C(=O)/C(=C\c2cccc(F)c2)SC1=S)c1cccc(O)c1. The topological polar surface area (TPSA) is 69.6 Å². The highest BCUT2D eigenvalue weighted by atomic mass is 32.2. The van der Waals surface area contributed by atoms with Crippen LogP contribution in [0.25, 0.3) is 6.08 Å². The zero-order valence-electron chi connectivity index (χ0n) is 12.6. The van der Waals surface area contributed by atoms with Crippen molar-refractivity contribution in [3.8, 4) is 5.75 Å². The Kier molecular flexibility index (Phi) is 4.82. The summed E-state index contributed by atoms with van der Waals surface area (Å²) in [5.41, 5.74) is 3.10. The van der Waals surface area contributed by atoms with Crippen LogP contribution in [0.1, 0.15) is 15.9 Å². The lowest BCUT2D eigenvalue weighted by atomic mass is 10.2. The van der Waals surface area contributed by atoms with Gasteiger partial charge in [0.25, 0.3) is 11.8 Å². The minimum Gasteiger partial charge on any atom is -0.508 e. The first-order chi connectivity index (χ1) is 11.9. The van der Waals surface area contributed by atoms with Crippen molar-refractivity contribution in [2.24, 2.45) is 0 Å². The molecule has 5 nitrogen and oxygen atoms in total. The number of thiocarbonyl (C=S) groups is 1. The molecule has 2 amide bonds. The maximum atomic E-state index is 13.2. The molecular weight excluding hydrogens is 363 g/mol. The molecule has 3 rings (SSSR count). The molecule has 25 heavy (non-hydrogen) atoms. The molecule has 0 aromatic heterocycles. The van der Waals surface area contributed by atoms with Crippen LogP contribution in [0.4, 0.5) is 4.39 Å². The van der Waals surface area contributed by atoms with E-state index in [4.69, 9.17) is 12.2 Å². The van der Waals surface area contributed by atoms with Crippen LogP contribution < -0.4 is 5.43 Å². The molecule has 0 bridgehead atoms. The number of carbonyl (C=O) groups is 2. The molecule has 2 N–H and O–H groups in total. The van der Waals surface area contributed by atoms with Gasteiger partial charge in [0, 0.05) is 5.56 Å². The van der Waals surface area contributed by atoms with Gasteiger partial charge in [0.1, 0.15) is 11.6 Å². The number of carbonyl (C=O) groups excluding carboxylic acids is 2. The minimum absolute atomic E-state index is 0.0657. The fourth-order valence-corrected chi connectivity index (χ4v) is 3.30. The van der Waals surface area contributed by atoms with Gasteiger partial charge in [0.2, 0.25) is 0 Å². The third-order valence-electron chi connectivity index (χ3n) is 3.26. The molecule has 1 aliphatic heterocycles. The molecule has 0 aliphatic carbocycles. The number of nitrogens with one attached hydrogen (secondary N) is 1. The zero-order chi connectivity index (χ0) is 18.0. The van der Waals surface area contributed by atoms with Gasteiger partial charge in [-0.2, -0.15) is 5.01 Å². The fraction of sp³-hybridized carbons (Fsp3) is 0. The maximum Gasteiger partial charge on any atom is 0.285 e. The minimum atomic E-state index is -0.584. The van der Waals surface area contributed by atoms with Crippen molar-refractivity contribution in [3.63, 3.8) is 0 Å². The van der Waals surface area contributed by atoms with E-state index in [2.05, 4.69) is 5.43 Å². The first kappa shape index (κ1) is 17.1. The highest BCUT2D eigenvalue weighted by Crippen LogP contribution is 2.31. The van der Waals surface area contributed by atoms with Gasteiger partial charge >= 0.3 is 0 Å². The lowest BCUT2D eigenvalue weighted by Crippen LogP contribution is -2.44. The normalized spacial score (nSPS) is 15.7. The Morgan fingerprint density at radius 3 is 2.72 bits per heavy atom. The van der Waals surface area contributed by atoms with Gasteiger partial charge in [-0.3, -0.25) is 15.0 Å². The predicted octanol–water partition coefficient (Wildman–Crippen LogP) is 3.08. The Balaban J connectivity index is 1.78. The van der Waals surface area contributed by atoms with E-state index in [0.717, 1.165) is 16.8 Å². The van der Waals surface area contributed by atoms with Gasteiger partial charge in [-0.1, -0.05) is 30.0 Å². The van der Waals surface area contributed by atoms with Crippen LogP contribution in [0.15, 0.2) is 53.4 Å². The van der Waals surface area contributed by atoms with Crippen LogP contribution in [-0.2, 0) is 4.79 Å². The second-order valence-corrected chi connectivity index (χ2v) is 6.74. The highest BCUT2D eigenvalue weighted by molar-refractivity contribution is 8.26. The Bertz CT molecular complexity index is 914. The lowest BCUT2D eigenvalue weighted by molar-refractivity contribution is -0.123. The molecule has 0 saturated carbocycles. The van der Waals surface area contributed by atoms with Crippen molar-refractivity contribution in [1.29, 1.82) is 0 Å². The van der Waals surface area contributed by atoms with E-state index in [9.17, 15) is 19.1 Å². The van der Waals surface area contributed by atoms with Gasteiger partial charge in [-0.05, 0) is 54.2 Å². The van der Waals surface area contributed by atoms with Crippen LogP contribution in [0, 0.1) is 5.82 Å². The van der Waals surface area contributed by atoms with Crippen molar-refractivity contribution in [2.45, 2.75) is 0 Å². The van der Waals surface area contributed by atoms with Crippen LogP contribution in [0.2, 0.25) is 0 Å². The third-order valence-corrected chi connectivity index (χ3v) is 4.56.